The van der Waals surface area contributed by atoms with Crippen LogP contribution in [0.1, 0.15) is 11.1 Å². The number of esters is 1. The molecule has 0 saturated carbocycles. The number of carbonyl (C=O) groups is 1. The van der Waals surface area contributed by atoms with Gasteiger partial charge in [-0.15, -0.1) is 0 Å². The van der Waals surface area contributed by atoms with Crippen LogP contribution in [0.3, 0.4) is 0 Å². The molecule has 0 spiro atoms. The van der Waals surface area contributed by atoms with Gasteiger partial charge in [0.1, 0.15) is 0 Å². The minimum absolute atomic E-state index is 0.0309. The molecule has 0 fully saturated rings. The summed E-state index contributed by atoms with van der Waals surface area (Å²) >= 11 is 0. The molecule has 2 aromatic rings. The number of cyclic esters (lactones) is 1. The lowest BCUT2D eigenvalue weighted by Gasteiger charge is -2.03. The smallest absolute Gasteiger partial charge is 0.363 e. The van der Waals surface area contributed by atoms with E-state index < -0.39 is 26.5 Å². The molecule has 0 saturated heterocycles. The van der Waals surface area contributed by atoms with Crippen LogP contribution in [0.2, 0.25) is 0 Å². The fourth-order valence-corrected chi connectivity index (χ4v) is 2.85. The lowest BCUT2D eigenvalue weighted by atomic mass is 10.2. The van der Waals surface area contributed by atoms with Crippen LogP contribution in [0.4, 0.5) is 8.78 Å². The molecular formula is C17H11F2NO4S. The van der Waals surface area contributed by atoms with Crippen LogP contribution >= 0.6 is 0 Å². The fraction of sp³-hybridized carbons (Fsp3) is 0.0588. The van der Waals surface area contributed by atoms with E-state index >= 15 is 0 Å². The van der Waals surface area contributed by atoms with Gasteiger partial charge < -0.3 is 4.74 Å². The summed E-state index contributed by atoms with van der Waals surface area (Å²) in [4.78, 5) is 15.5. The molecule has 0 amide bonds. The lowest BCUT2D eigenvalue weighted by Crippen LogP contribution is -2.11. The van der Waals surface area contributed by atoms with Crippen LogP contribution < -0.4 is 0 Å². The topological polar surface area (TPSA) is 72.8 Å². The number of aliphatic imine (C=N–C) groups is 1. The van der Waals surface area contributed by atoms with E-state index in [0.717, 1.165) is 12.1 Å². The van der Waals surface area contributed by atoms with Crippen LogP contribution in [0, 0.1) is 0 Å². The Labute approximate surface area is 142 Å². The highest BCUT2D eigenvalue weighted by Gasteiger charge is 2.27. The lowest BCUT2D eigenvalue weighted by molar-refractivity contribution is -0.129. The predicted octanol–water partition coefficient (Wildman–Crippen LogP) is 3.03. The number of benzene rings is 2. The van der Waals surface area contributed by atoms with Crippen LogP contribution in [-0.4, -0.2) is 26.0 Å². The molecule has 0 atom stereocenters. The first kappa shape index (κ1) is 17.0. The summed E-state index contributed by atoms with van der Waals surface area (Å²) in [6, 6.07) is 13.6. The third-order valence-electron chi connectivity index (χ3n) is 3.39. The minimum atomic E-state index is -4.65. The molecule has 1 aliphatic heterocycles. The maximum atomic E-state index is 12.5. The molecule has 25 heavy (non-hydrogen) atoms. The van der Waals surface area contributed by atoms with Gasteiger partial charge >= 0.3 is 11.7 Å². The third kappa shape index (κ3) is 3.48. The molecule has 0 unspecified atom stereocenters. The third-order valence-corrected chi connectivity index (χ3v) is 4.79. The minimum Gasteiger partial charge on any atom is -0.402 e. The molecule has 0 aliphatic carbocycles. The maximum Gasteiger partial charge on any atom is 0.363 e. The second kappa shape index (κ2) is 6.56. The number of rotatable bonds is 4. The van der Waals surface area contributed by atoms with E-state index in [1.54, 1.807) is 24.3 Å². The van der Waals surface area contributed by atoms with Crippen LogP contribution in [-0.2, 0) is 19.4 Å². The Morgan fingerprint density at radius 3 is 2.24 bits per heavy atom. The van der Waals surface area contributed by atoms with E-state index in [2.05, 4.69) is 4.99 Å². The van der Waals surface area contributed by atoms with Crippen molar-refractivity contribution in [2.75, 3.05) is 0 Å². The second-order valence-corrected chi connectivity index (χ2v) is 6.99. The molecule has 0 aromatic heterocycles. The Bertz CT molecular complexity index is 965. The van der Waals surface area contributed by atoms with E-state index in [4.69, 9.17) is 4.74 Å². The van der Waals surface area contributed by atoms with Gasteiger partial charge in [0.05, 0.1) is 4.90 Å². The number of hydrogen-bond acceptors (Lipinski definition) is 5. The highest BCUT2D eigenvalue weighted by molar-refractivity contribution is 7.91. The molecule has 3 rings (SSSR count). The molecule has 2 aromatic carbocycles. The van der Waals surface area contributed by atoms with Crippen LogP contribution in [0.25, 0.3) is 6.08 Å². The Morgan fingerprint density at radius 1 is 1.00 bits per heavy atom. The van der Waals surface area contributed by atoms with Gasteiger partial charge in [-0.3, -0.25) is 0 Å². The average molecular weight is 363 g/mol. The van der Waals surface area contributed by atoms with Crippen molar-refractivity contribution in [3.05, 3.63) is 71.4 Å². The number of hydrogen-bond donors (Lipinski definition) is 0. The van der Waals surface area contributed by atoms with Gasteiger partial charge in [-0.25, -0.2) is 18.2 Å². The Balaban J connectivity index is 1.88. The fourth-order valence-electron chi connectivity index (χ4n) is 2.13. The first-order valence-corrected chi connectivity index (χ1v) is 8.62. The van der Waals surface area contributed by atoms with Gasteiger partial charge in [-0.05, 0) is 35.9 Å². The molecule has 1 aliphatic rings. The van der Waals surface area contributed by atoms with Crippen LogP contribution in [0.5, 0.6) is 0 Å². The number of halogens is 2. The maximum absolute atomic E-state index is 12.5. The molecule has 1 heterocycles. The second-order valence-electron chi connectivity index (χ2n) is 5.08. The summed E-state index contributed by atoms with van der Waals surface area (Å²) in [5, 5.41) is 0. The molecule has 0 N–H and O–H groups in total. The molecule has 8 heteroatoms. The number of nitrogens with zero attached hydrogens (tertiary/aromatic N) is 1. The van der Waals surface area contributed by atoms with Crippen molar-refractivity contribution in [3.8, 4) is 0 Å². The average Bonchev–Trinajstić information content (AvgIpc) is 2.97. The van der Waals surface area contributed by atoms with Crippen molar-refractivity contribution in [1.29, 1.82) is 0 Å². The molecule has 5 nitrogen and oxygen atoms in total. The monoisotopic (exact) mass is 363 g/mol. The standard InChI is InChI=1S/C17H11F2NO4S/c18-17(19)25(22,23)13-8-6-11(7-9-13)10-14-16(21)24-15(20-14)12-4-2-1-3-5-12/h1-10,17H/b14-10+. The largest absolute Gasteiger partial charge is 0.402 e. The summed E-state index contributed by atoms with van der Waals surface area (Å²) in [6.07, 6.45) is 1.39. The van der Waals surface area contributed by atoms with Crippen molar-refractivity contribution in [2.24, 2.45) is 4.99 Å². The number of sulfone groups is 1. The molecular weight excluding hydrogens is 352 g/mol. The molecule has 128 valence electrons. The Hall–Kier alpha value is -2.87. The zero-order valence-corrected chi connectivity index (χ0v) is 13.4. The molecule has 0 radical (unpaired) electrons. The van der Waals surface area contributed by atoms with Crippen molar-refractivity contribution in [1.82, 2.24) is 0 Å². The summed E-state index contributed by atoms with van der Waals surface area (Å²) in [6.45, 7) is 0. The van der Waals surface area contributed by atoms with Gasteiger partial charge in [0, 0.05) is 5.56 Å². The van der Waals surface area contributed by atoms with Crippen molar-refractivity contribution < 1.29 is 26.7 Å². The van der Waals surface area contributed by atoms with Gasteiger partial charge in [0.15, 0.2) is 5.70 Å². The normalized spacial score (nSPS) is 16.2. The SMILES string of the molecule is O=C1OC(c2ccccc2)=N/C1=C/c1ccc(S(=O)(=O)C(F)F)cc1. The summed E-state index contributed by atoms with van der Waals surface area (Å²) < 4.78 is 52.9. The number of carbonyl (C=O) groups excluding carboxylic acids is 1. The van der Waals surface area contributed by atoms with E-state index in [1.807, 2.05) is 6.07 Å². The summed E-state index contributed by atoms with van der Waals surface area (Å²) in [5.41, 5.74) is 1.10. The first-order chi connectivity index (χ1) is 11.9. The van der Waals surface area contributed by atoms with Crippen molar-refractivity contribution in [3.63, 3.8) is 0 Å². The quantitative estimate of drug-likeness (QED) is 0.618. The molecule has 0 bridgehead atoms. The van der Waals surface area contributed by atoms with Crippen molar-refractivity contribution >= 4 is 27.8 Å². The van der Waals surface area contributed by atoms with E-state index in [-0.39, 0.29) is 11.6 Å². The Morgan fingerprint density at radius 2 is 1.64 bits per heavy atom. The predicted molar refractivity (Wildman–Crippen MR) is 86.7 cm³/mol. The summed E-state index contributed by atoms with van der Waals surface area (Å²) in [5.74, 6) is -3.98. The van der Waals surface area contributed by atoms with E-state index in [9.17, 15) is 22.0 Å². The van der Waals surface area contributed by atoms with E-state index in [1.165, 1.54) is 18.2 Å². The van der Waals surface area contributed by atoms with Gasteiger partial charge in [0.2, 0.25) is 15.7 Å². The van der Waals surface area contributed by atoms with E-state index in [0.29, 0.717) is 11.1 Å². The summed E-state index contributed by atoms with van der Waals surface area (Å²) in [7, 11) is -4.65. The van der Waals surface area contributed by atoms with Crippen LogP contribution in [0.15, 0.2) is 70.2 Å². The van der Waals surface area contributed by atoms with Gasteiger partial charge in [0.25, 0.3) is 0 Å². The Kier molecular flexibility index (Phi) is 4.45. The zero-order chi connectivity index (χ0) is 18.0. The number of ether oxygens (including phenoxy) is 1. The zero-order valence-electron chi connectivity index (χ0n) is 12.6. The number of alkyl halides is 2. The highest BCUT2D eigenvalue weighted by atomic mass is 32.2. The highest BCUT2D eigenvalue weighted by Crippen LogP contribution is 2.22. The van der Waals surface area contributed by atoms with Gasteiger partial charge in [-0.2, -0.15) is 8.78 Å². The van der Waals surface area contributed by atoms with Crippen molar-refractivity contribution in [2.45, 2.75) is 10.7 Å². The first-order valence-electron chi connectivity index (χ1n) is 7.08. The van der Waals surface area contributed by atoms with Gasteiger partial charge in [-0.1, -0.05) is 30.3 Å².